The van der Waals surface area contributed by atoms with Gasteiger partial charge < -0.3 is 9.73 Å². The van der Waals surface area contributed by atoms with Crippen LogP contribution in [0.2, 0.25) is 0 Å². The number of benzene rings is 2. The molecule has 0 saturated carbocycles. The first kappa shape index (κ1) is 18.8. The van der Waals surface area contributed by atoms with Gasteiger partial charge >= 0.3 is 0 Å². The third-order valence-electron chi connectivity index (χ3n) is 5.60. The fourth-order valence-corrected chi connectivity index (χ4v) is 3.88. The molecule has 1 amide bonds. The molecule has 0 spiro atoms. The average molecular weight is 377 g/mol. The summed E-state index contributed by atoms with van der Waals surface area (Å²) < 4.78 is 5.64. The summed E-state index contributed by atoms with van der Waals surface area (Å²) >= 11 is 0. The summed E-state index contributed by atoms with van der Waals surface area (Å²) in [6.45, 7) is 6.12. The summed E-state index contributed by atoms with van der Waals surface area (Å²) in [5.41, 5.74) is 5.51. The molecule has 4 nitrogen and oxygen atoms in total. The van der Waals surface area contributed by atoms with Gasteiger partial charge in [0.25, 0.3) is 0 Å². The molecule has 0 atom stereocenters. The van der Waals surface area contributed by atoms with E-state index >= 15 is 0 Å². The van der Waals surface area contributed by atoms with Crippen LogP contribution in [0.4, 0.5) is 0 Å². The number of fused-ring (bicyclic) bond motifs is 1. The van der Waals surface area contributed by atoms with Gasteiger partial charge in [-0.3, -0.25) is 9.69 Å². The molecule has 1 aliphatic heterocycles. The maximum atomic E-state index is 12.4. The Morgan fingerprint density at radius 2 is 1.75 bits per heavy atom. The molecule has 0 unspecified atom stereocenters. The molecule has 1 fully saturated rings. The predicted molar refractivity (Wildman–Crippen MR) is 112 cm³/mol. The monoisotopic (exact) mass is 376 g/mol. The van der Waals surface area contributed by atoms with E-state index in [9.17, 15) is 4.79 Å². The summed E-state index contributed by atoms with van der Waals surface area (Å²) in [6.07, 6.45) is 5.65. The number of hydrogen-bond acceptors (Lipinski definition) is 3. The van der Waals surface area contributed by atoms with E-state index in [4.69, 9.17) is 4.42 Å². The maximum absolute atomic E-state index is 12.4. The Bertz CT molecular complexity index is 937. The van der Waals surface area contributed by atoms with Crippen molar-refractivity contribution in [2.75, 3.05) is 13.1 Å². The van der Waals surface area contributed by atoms with E-state index in [0.717, 1.165) is 35.1 Å². The van der Waals surface area contributed by atoms with Gasteiger partial charge in [0.2, 0.25) is 5.91 Å². The van der Waals surface area contributed by atoms with Crippen molar-refractivity contribution in [2.45, 2.75) is 45.7 Å². The molecule has 2 aromatic carbocycles. The summed E-state index contributed by atoms with van der Waals surface area (Å²) in [6, 6.07) is 14.8. The first-order chi connectivity index (χ1) is 13.7. The lowest BCUT2D eigenvalue weighted by Crippen LogP contribution is -2.24. The lowest BCUT2D eigenvalue weighted by atomic mass is 10.1. The van der Waals surface area contributed by atoms with Crippen LogP contribution in [0.5, 0.6) is 0 Å². The second-order valence-electron chi connectivity index (χ2n) is 7.70. The summed E-state index contributed by atoms with van der Waals surface area (Å²) in [5, 5.41) is 4.05. The number of nitrogens with one attached hydrogen (secondary N) is 1. The van der Waals surface area contributed by atoms with Crippen LogP contribution >= 0.6 is 0 Å². The van der Waals surface area contributed by atoms with Crippen LogP contribution in [0.15, 0.2) is 53.1 Å². The van der Waals surface area contributed by atoms with Gasteiger partial charge in [0.15, 0.2) is 0 Å². The second-order valence-corrected chi connectivity index (χ2v) is 7.70. The smallest absolute Gasteiger partial charge is 0.224 e. The Morgan fingerprint density at radius 3 is 2.50 bits per heavy atom. The molecule has 0 aliphatic carbocycles. The van der Waals surface area contributed by atoms with Crippen molar-refractivity contribution in [3.05, 3.63) is 71.0 Å². The van der Waals surface area contributed by atoms with Crippen LogP contribution in [0.1, 0.15) is 42.0 Å². The first-order valence-electron chi connectivity index (χ1n) is 10.3. The number of rotatable bonds is 7. The molecule has 2 heterocycles. The number of furan rings is 1. The molecule has 4 rings (SSSR count). The zero-order chi connectivity index (χ0) is 19.3. The van der Waals surface area contributed by atoms with E-state index in [1.165, 1.54) is 37.1 Å². The van der Waals surface area contributed by atoms with E-state index in [1.54, 1.807) is 6.26 Å². The standard InChI is InChI=1S/C24H28N2O2/c1-2-18-9-10-22-21(17-28-23(22)13-18)14-24(27)25-15-19-5-7-20(8-6-19)16-26-11-3-4-12-26/h5-10,13,17H,2-4,11-12,14-16H2,1H3,(H,25,27). The van der Waals surface area contributed by atoms with Gasteiger partial charge in [-0.1, -0.05) is 43.3 Å². The minimum absolute atomic E-state index is 0.0170. The van der Waals surface area contributed by atoms with Crippen LogP contribution in [0, 0.1) is 0 Å². The van der Waals surface area contributed by atoms with Crippen molar-refractivity contribution < 1.29 is 9.21 Å². The fraction of sp³-hybridized carbons (Fsp3) is 0.375. The van der Waals surface area contributed by atoms with Gasteiger partial charge in [-0.25, -0.2) is 0 Å². The molecule has 1 aromatic heterocycles. The fourth-order valence-electron chi connectivity index (χ4n) is 3.88. The van der Waals surface area contributed by atoms with Gasteiger partial charge in [-0.15, -0.1) is 0 Å². The van der Waals surface area contributed by atoms with Crippen molar-refractivity contribution in [1.29, 1.82) is 0 Å². The zero-order valence-electron chi connectivity index (χ0n) is 16.5. The first-order valence-corrected chi connectivity index (χ1v) is 10.3. The summed E-state index contributed by atoms with van der Waals surface area (Å²) in [4.78, 5) is 14.9. The lowest BCUT2D eigenvalue weighted by Gasteiger charge is -2.14. The largest absolute Gasteiger partial charge is 0.464 e. The van der Waals surface area contributed by atoms with Gasteiger partial charge in [0.05, 0.1) is 12.7 Å². The molecule has 3 aromatic rings. The molecular weight excluding hydrogens is 348 g/mol. The summed E-state index contributed by atoms with van der Waals surface area (Å²) in [5.74, 6) is 0.0170. The normalized spacial score (nSPS) is 14.6. The lowest BCUT2D eigenvalue weighted by molar-refractivity contribution is -0.120. The third-order valence-corrected chi connectivity index (χ3v) is 5.60. The molecule has 1 aliphatic rings. The second kappa shape index (κ2) is 8.61. The topological polar surface area (TPSA) is 45.5 Å². The molecular formula is C24H28N2O2. The Morgan fingerprint density at radius 1 is 1.04 bits per heavy atom. The molecule has 0 bridgehead atoms. The number of aryl methyl sites for hydroxylation is 1. The molecule has 146 valence electrons. The average Bonchev–Trinajstić information content (AvgIpc) is 3.37. The molecule has 0 radical (unpaired) electrons. The molecule has 4 heteroatoms. The Labute approximate surface area is 166 Å². The minimum Gasteiger partial charge on any atom is -0.464 e. The van der Waals surface area contributed by atoms with Crippen molar-refractivity contribution in [3.63, 3.8) is 0 Å². The van der Waals surface area contributed by atoms with Gasteiger partial charge in [-0.05, 0) is 55.1 Å². The van der Waals surface area contributed by atoms with Crippen molar-refractivity contribution in [2.24, 2.45) is 0 Å². The van der Waals surface area contributed by atoms with E-state index in [-0.39, 0.29) is 5.91 Å². The quantitative estimate of drug-likeness (QED) is 0.663. The van der Waals surface area contributed by atoms with Gasteiger partial charge in [0, 0.05) is 24.0 Å². The third kappa shape index (κ3) is 4.45. The van der Waals surface area contributed by atoms with Crippen LogP contribution < -0.4 is 5.32 Å². The van der Waals surface area contributed by atoms with Crippen molar-refractivity contribution in [1.82, 2.24) is 10.2 Å². The zero-order valence-corrected chi connectivity index (χ0v) is 16.5. The van der Waals surface area contributed by atoms with Crippen LogP contribution in [-0.2, 0) is 30.7 Å². The molecule has 1 N–H and O–H groups in total. The SMILES string of the molecule is CCc1ccc2c(CC(=O)NCc3ccc(CN4CCCC4)cc3)coc2c1. The number of nitrogens with zero attached hydrogens (tertiary/aromatic N) is 1. The highest BCUT2D eigenvalue weighted by Crippen LogP contribution is 2.23. The Hall–Kier alpha value is -2.59. The number of likely N-dealkylation sites (tertiary alicyclic amines) is 1. The van der Waals surface area contributed by atoms with E-state index < -0.39 is 0 Å². The Balaban J connectivity index is 1.30. The number of carbonyl (C=O) groups excluding carboxylic acids is 1. The van der Waals surface area contributed by atoms with Crippen LogP contribution in [0.25, 0.3) is 11.0 Å². The van der Waals surface area contributed by atoms with E-state index in [1.807, 2.05) is 0 Å². The minimum atomic E-state index is 0.0170. The number of amides is 1. The van der Waals surface area contributed by atoms with Crippen molar-refractivity contribution >= 4 is 16.9 Å². The summed E-state index contributed by atoms with van der Waals surface area (Å²) in [7, 11) is 0. The molecule has 1 saturated heterocycles. The van der Waals surface area contributed by atoms with Crippen molar-refractivity contribution in [3.8, 4) is 0 Å². The van der Waals surface area contributed by atoms with Gasteiger partial charge in [-0.2, -0.15) is 0 Å². The highest BCUT2D eigenvalue weighted by atomic mass is 16.3. The maximum Gasteiger partial charge on any atom is 0.224 e. The molecule has 28 heavy (non-hydrogen) atoms. The van der Waals surface area contributed by atoms with Crippen LogP contribution in [-0.4, -0.2) is 23.9 Å². The van der Waals surface area contributed by atoms with E-state index in [2.05, 4.69) is 59.6 Å². The number of hydrogen-bond donors (Lipinski definition) is 1. The Kier molecular flexibility index (Phi) is 5.77. The highest BCUT2D eigenvalue weighted by Gasteiger charge is 2.12. The van der Waals surface area contributed by atoms with Crippen LogP contribution in [0.3, 0.4) is 0 Å². The highest BCUT2D eigenvalue weighted by molar-refractivity contribution is 5.87. The number of carbonyl (C=O) groups is 1. The van der Waals surface area contributed by atoms with Gasteiger partial charge in [0.1, 0.15) is 5.58 Å². The predicted octanol–water partition coefficient (Wildman–Crippen LogP) is 4.45. The van der Waals surface area contributed by atoms with E-state index in [0.29, 0.717) is 13.0 Å².